The van der Waals surface area contributed by atoms with Gasteiger partial charge in [-0.3, -0.25) is 4.79 Å². The summed E-state index contributed by atoms with van der Waals surface area (Å²) in [5.41, 5.74) is 2.12. The van der Waals surface area contributed by atoms with E-state index in [2.05, 4.69) is 5.32 Å². The Bertz CT molecular complexity index is 368. The number of hydrogen-bond acceptors (Lipinski definition) is 2. The molecule has 1 unspecified atom stereocenters. The van der Waals surface area contributed by atoms with Gasteiger partial charge in [-0.1, -0.05) is 19.1 Å². The monoisotopic (exact) mass is 256 g/mol. The maximum Gasteiger partial charge on any atom is 0.230 e. The molecule has 0 radical (unpaired) electrons. The lowest BCUT2D eigenvalue weighted by atomic mass is 10.1. The Morgan fingerprint density at radius 2 is 2.12 bits per heavy atom. The predicted molar refractivity (Wildman–Crippen MR) is 74.9 cm³/mol. The molecular weight excluding hydrogens is 236 g/mol. The highest BCUT2D eigenvalue weighted by atomic mass is 35.5. The second-order valence-electron chi connectivity index (χ2n) is 4.19. The van der Waals surface area contributed by atoms with Crippen LogP contribution in [0.25, 0.3) is 0 Å². The molecule has 0 spiro atoms. The fourth-order valence-corrected chi connectivity index (χ4v) is 1.69. The SMILES string of the molecule is CNCC(C)C(=O)N(C)c1cccc(C)c1.Cl. The molecule has 0 heterocycles. The van der Waals surface area contributed by atoms with Gasteiger partial charge in [0.15, 0.2) is 0 Å². The first-order chi connectivity index (χ1) is 7.56. The van der Waals surface area contributed by atoms with Crippen LogP contribution in [0.1, 0.15) is 12.5 Å². The van der Waals surface area contributed by atoms with E-state index < -0.39 is 0 Å². The van der Waals surface area contributed by atoms with Crippen LogP contribution in [-0.2, 0) is 4.79 Å². The number of rotatable bonds is 4. The van der Waals surface area contributed by atoms with E-state index in [0.717, 1.165) is 5.69 Å². The standard InChI is InChI=1S/C13H20N2O.ClH/c1-10-6-5-7-12(8-10)15(4)13(16)11(2)9-14-3;/h5-8,11,14H,9H2,1-4H3;1H. The summed E-state index contributed by atoms with van der Waals surface area (Å²) in [7, 11) is 3.68. The average molecular weight is 257 g/mol. The van der Waals surface area contributed by atoms with Crippen molar-refractivity contribution in [1.29, 1.82) is 0 Å². The van der Waals surface area contributed by atoms with Crippen molar-refractivity contribution in [1.82, 2.24) is 5.32 Å². The van der Waals surface area contributed by atoms with Gasteiger partial charge in [0.2, 0.25) is 5.91 Å². The molecule has 1 amide bonds. The van der Waals surface area contributed by atoms with Gasteiger partial charge < -0.3 is 10.2 Å². The molecule has 0 saturated heterocycles. The van der Waals surface area contributed by atoms with Gasteiger partial charge in [-0.2, -0.15) is 0 Å². The Balaban J connectivity index is 0.00000256. The molecule has 1 aromatic rings. The third kappa shape index (κ3) is 4.36. The molecule has 0 saturated carbocycles. The number of hydrogen-bond donors (Lipinski definition) is 1. The molecule has 0 aliphatic carbocycles. The van der Waals surface area contributed by atoms with Crippen LogP contribution in [-0.4, -0.2) is 26.5 Å². The predicted octanol–water partition coefficient (Wildman–Crippen LogP) is 2.24. The lowest BCUT2D eigenvalue weighted by Crippen LogP contribution is -2.35. The molecule has 0 fully saturated rings. The van der Waals surface area contributed by atoms with Gasteiger partial charge in [0.1, 0.15) is 0 Å². The zero-order valence-electron chi connectivity index (χ0n) is 10.9. The molecule has 17 heavy (non-hydrogen) atoms. The van der Waals surface area contributed by atoms with Gasteiger partial charge in [-0.15, -0.1) is 12.4 Å². The highest BCUT2D eigenvalue weighted by Crippen LogP contribution is 2.16. The molecule has 1 aromatic carbocycles. The Kier molecular flexibility index (Phi) is 6.85. The van der Waals surface area contributed by atoms with Crippen molar-refractivity contribution < 1.29 is 4.79 Å². The van der Waals surface area contributed by atoms with Crippen LogP contribution < -0.4 is 10.2 Å². The smallest absolute Gasteiger partial charge is 0.230 e. The topological polar surface area (TPSA) is 32.3 Å². The fourth-order valence-electron chi connectivity index (χ4n) is 1.69. The molecule has 1 N–H and O–H groups in total. The van der Waals surface area contributed by atoms with Gasteiger partial charge in [0, 0.05) is 25.2 Å². The molecule has 4 heteroatoms. The Morgan fingerprint density at radius 3 is 2.65 bits per heavy atom. The molecule has 0 aromatic heterocycles. The Morgan fingerprint density at radius 1 is 1.47 bits per heavy atom. The van der Waals surface area contributed by atoms with Gasteiger partial charge in [-0.05, 0) is 31.7 Å². The van der Waals surface area contributed by atoms with Crippen molar-refractivity contribution >= 4 is 24.0 Å². The zero-order valence-corrected chi connectivity index (χ0v) is 11.7. The highest BCUT2D eigenvalue weighted by molar-refractivity contribution is 5.94. The lowest BCUT2D eigenvalue weighted by molar-refractivity contribution is -0.121. The van der Waals surface area contributed by atoms with Crippen molar-refractivity contribution in [3.63, 3.8) is 0 Å². The van der Waals surface area contributed by atoms with E-state index in [1.807, 2.05) is 52.2 Å². The number of carbonyl (C=O) groups is 1. The molecule has 0 bridgehead atoms. The largest absolute Gasteiger partial charge is 0.319 e. The minimum absolute atomic E-state index is 0. The zero-order chi connectivity index (χ0) is 12.1. The summed E-state index contributed by atoms with van der Waals surface area (Å²) in [6, 6.07) is 7.97. The van der Waals surface area contributed by atoms with Crippen LogP contribution in [0.3, 0.4) is 0 Å². The third-order valence-electron chi connectivity index (χ3n) is 2.65. The molecule has 0 aliphatic heterocycles. The molecule has 3 nitrogen and oxygen atoms in total. The summed E-state index contributed by atoms with van der Waals surface area (Å²) in [4.78, 5) is 13.7. The van der Waals surface area contributed by atoms with Crippen LogP contribution in [0, 0.1) is 12.8 Å². The lowest BCUT2D eigenvalue weighted by Gasteiger charge is -2.21. The molecule has 96 valence electrons. The Hall–Kier alpha value is -1.06. The van der Waals surface area contributed by atoms with Crippen molar-refractivity contribution in [2.24, 2.45) is 5.92 Å². The summed E-state index contributed by atoms with van der Waals surface area (Å²) in [5.74, 6) is 0.135. The second kappa shape index (κ2) is 7.30. The number of carbonyl (C=O) groups excluding carboxylic acids is 1. The number of nitrogens with zero attached hydrogens (tertiary/aromatic N) is 1. The van der Waals surface area contributed by atoms with E-state index in [1.165, 1.54) is 5.56 Å². The summed E-state index contributed by atoms with van der Waals surface area (Å²) in [6.07, 6.45) is 0. The summed E-state index contributed by atoms with van der Waals surface area (Å²) < 4.78 is 0. The second-order valence-corrected chi connectivity index (χ2v) is 4.19. The number of amides is 1. The summed E-state index contributed by atoms with van der Waals surface area (Å²) in [6.45, 7) is 4.67. The van der Waals surface area contributed by atoms with Gasteiger partial charge in [0.25, 0.3) is 0 Å². The van der Waals surface area contributed by atoms with Crippen molar-refractivity contribution in [2.75, 3.05) is 25.5 Å². The van der Waals surface area contributed by atoms with Crippen molar-refractivity contribution in [3.8, 4) is 0 Å². The number of nitrogens with one attached hydrogen (secondary N) is 1. The molecule has 1 atom stereocenters. The van der Waals surface area contributed by atoms with Crippen LogP contribution >= 0.6 is 12.4 Å². The number of anilines is 1. The van der Waals surface area contributed by atoms with Gasteiger partial charge >= 0.3 is 0 Å². The van der Waals surface area contributed by atoms with E-state index in [9.17, 15) is 4.79 Å². The number of benzene rings is 1. The van der Waals surface area contributed by atoms with Crippen LogP contribution in [0.5, 0.6) is 0 Å². The minimum atomic E-state index is -0.00416. The molecular formula is C13H21ClN2O. The van der Waals surface area contributed by atoms with E-state index in [1.54, 1.807) is 4.90 Å². The summed E-state index contributed by atoms with van der Waals surface area (Å²) >= 11 is 0. The quantitative estimate of drug-likeness (QED) is 0.896. The van der Waals surface area contributed by atoms with Crippen LogP contribution in [0.15, 0.2) is 24.3 Å². The first-order valence-corrected chi connectivity index (χ1v) is 5.55. The van der Waals surface area contributed by atoms with E-state index >= 15 is 0 Å². The minimum Gasteiger partial charge on any atom is -0.319 e. The normalized spacial score (nSPS) is 11.5. The Labute approximate surface area is 110 Å². The fraction of sp³-hybridized carbons (Fsp3) is 0.462. The van der Waals surface area contributed by atoms with E-state index in [-0.39, 0.29) is 24.2 Å². The molecule has 0 aliphatic rings. The van der Waals surface area contributed by atoms with Crippen LogP contribution in [0.2, 0.25) is 0 Å². The number of aryl methyl sites for hydroxylation is 1. The maximum atomic E-state index is 12.0. The number of halogens is 1. The average Bonchev–Trinajstić information content (AvgIpc) is 2.27. The highest BCUT2D eigenvalue weighted by Gasteiger charge is 2.17. The van der Waals surface area contributed by atoms with Crippen LogP contribution in [0.4, 0.5) is 5.69 Å². The summed E-state index contributed by atoms with van der Waals surface area (Å²) in [5, 5.41) is 3.02. The van der Waals surface area contributed by atoms with Gasteiger partial charge in [0.05, 0.1) is 0 Å². The maximum absolute atomic E-state index is 12.0. The van der Waals surface area contributed by atoms with E-state index in [4.69, 9.17) is 0 Å². The van der Waals surface area contributed by atoms with Crippen molar-refractivity contribution in [3.05, 3.63) is 29.8 Å². The first kappa shape index (κ1) is 15.9. The van der Waals surface area contributed by atoms with E-state index in [0.29, 0.717) is 6.54 Å². The molecule has 1 rings (SSSR count). The van der Waals surface area contributed by atoms with Crippen molar-refractivity contribution in [2.45, 2.75) is 13.8 Å². The first-order valence-electron chi connectivity index (χ1n) is 5.55. The van der Waals surface area contributed by atoms with Gasteiger partial charge in [-0.25, -0.2) is 0 Å². The third-order valence-corrected chi connectivity index (χ3v) is 2.65.